The Hall–Kier alpha value is -1.77. The van der Waals surface area contributed by atoms with Gasteiger partial charge in [-0.25, -0.2) is 4.68 Å². The minimum absolute atomic E-state index is 0.245. The van der Waals surface area contributed by atoms with Gasteiger partial charge in [-0.05, 0) is 46.6 Å². The molecular weight excluding hydrogens is 353 g/mol. The SMILES string of the molecule is FC(F)(F)Oc1ccc(N2CCCn3nc(Br)nc32)cc1. The molecule has 0 saturated heterocycles. The predicted octanol–water partition coefficient (Wildman–Crippen LogP) is 3.48. The second-order valence-electron chi connectivity index (χ2n) is 4.45. The van der Waals surface area contributed by atoms with Crippen LogP contribution in [-0.4, -0.2) is 27.7 Å². The molecule has 1 aromatic carbocycles. The molecule has 0 N–H and O–H groups in total. The van der Waals surface area contributed by atoms with E-state index in [9.17, 15) is 13.2 Å². The van der Waals surface area contributed by atoms with E-state index < -0.39 is 6.36 Å². The van der Waals surface area contributed by atoms with Gasteiger partial charge in [0.15, 0.2) is 0 Å². The molecule has 0 atom stereocenters. The maximum atomic E-state index is 12.1. The average Bonchev–Trinajstić information content (AvgIpc) is 2.78. The molecule has 21 heavy (non-hydrogen) atoms. The van der Waals surface area contributed by atoms with Crippen molar-refractivity contribution in [1.29, 1.82) is 0 Å². The molecule has 0 radical (unpaired) electrons. The fourth-order valence-electron chi connectivity index (χ4n) is 2.21. The van der Waals surface area contributed by atoms with E-state index in [-0.39, 0.29) is 5.75 Å². The Morgan fingerprint density at radius 2 is 1.86 bits per heavy atom. The standard InChI is InChI=1S/C12H10BrF3N4O/c13-10-17-11-19(6-1-7-20(11)18-10)8-2-4-9(5-3-8)21-12(14,15)16/h2-5H,1,6-7H2. The minimum atomic E-state index is -4.68. The summed E-state index contributed by atoms with van der Waals surface area (Å²) < 4.78 is 42.5. The summed E-state index contributed by atoms with van der Waals surface area (Å²) in [5.74, 6) is 0.420. The number of hydrogen-bond donors (Lipinski definition) is 0. The Labute approximate surface area is 126 Å². The number of aryl methyl sites for hydroxylation is 1. The molecule has 112 valence electrons. The molecule has 0 aliphatic carbocycles. The summed E-state index contributed by atoms with van der Waals surface area (Å²) >= 11 is 3.22. The lowest BCUT2D eigenvalue weighted by atomic mass is 10.2. The van der Waals surface area contributed by atoms with Gasteiger partial charge in [-0.1, -0.05) is 0 Å². The van der Waals surface area contributed by atoms with Crippen LogP contribution >= 0.6 is 15.9 Å². The Morgan fingerprint density at radius 3 is 2.52 bits per heavy atom. The molecule has 0 amide bonds. The zero-order chi connectivity index (χ0) is 15.0. The number of fused-ring (bicyclic) bond motifs is 1. The zero-order valence-electron chi connectivity index (χ0n) is 10.6. The first-order chi connectivity index (χ1) is 9.92. The summed E-state index contributed by atoms with van der Waals surface area (Å²) in [6.45, 7) is 1.49. The smallest absolute Gasteiger partial charge is 0.406 e. The summed E-state index contributed by atoms with van der Waals surface area (Å²) in [7, 11) is 0. The van der Waals surface area contributed by atoms with Crippen molar-refractivity contribution in [3.8, 4) is 5.75 Å². The minimum Gasteiger partial charge on any atom is -0.406 e. The first-order valence-electron chi connectivity index (χ1n) is 6.16. The monoisotopic (exact) mass is 362 g/mol. The van der Waals surface area contributed by atoms with Crippen molar-refractivity contribution >= 4 is 27.6 Å². The molecule has 9 heteroatoms. The number of benzene rings is 1. The van der Waals surface area contributed by atoms with Gasteiger partial charge in [-0.2, -0.15) is 4.98 Å². The largest absolute Gasteiger partial charge is 0.573 e. The van der Waals surface area contributed by atoms with Gasteiger partial charge in [0.25, 0.3) is 0 Å². The molecule has 2 aromatic rings. The van der Waals surface area contributed by atoms with Crippen LogP contribution in [0.25, 0.3) is 0 Å². The molecule has 0 saturated carbocycles. The number of anilines is 2. The fraction of sp³-hybridized carbons (Fsp3) is 0.333. The molecule has 0 bridgehead atoms. The van der Waals surface area contributed by atoms with Crippen molar-refractivity contribution < 1.29 is 17.9 Å². The van der Waals surface area contributed by atoms with E-state index in [2.05, 4.69) is 30.7 Å². The van der Waals surface area contributed by atoms with Crippen LogP contribution in [0.15, 0.2) is 29.0 Å². The average molecular weight is 363 g/mol. The lowest BCUT2D eigenvalue weighted by molar-refractivity contribution is -0.274. The van der Waals surface area contributed by atoms with Crippen molar-refractivity contribution in [2.24, 2.45) is 0 Å². The maximum Gasteiger partial charge on any atom is 0.573 e. The van der Waals surface area contributed by atoms with Crippen LogP contribution in [0.2, 0.25) is 0 Å². The highest BCUT2D eigenvalue weighted by atomic mass is 79.9. The number of alkyl halides is 3. The second kappa shape index (κ2) is 5.21. The normalized spacial score (nSPS) is 15.0. The van der Waals surface area contributed by atoms with Gasteiger partial charge in [-0.15, -0.1) is 18.3 Å². The van der Waals surface area contributed by atoms with Crippen LogP contribution in [0.4, 0.5) is 24.8 Å². The Balaban J connectivity index is 1.85. The third-order valence-electron chi connectivity index (χ3n) is 3.00. The number of halogens is 4. The Bertz CT molecular complexity index is 641. The zero-order valence-corrected chi connectivity index (χ0v) is 12.2. The van der Waals surface area contributed by atoms with Gasteiger partial charge in [0, 0.05) is 18.8 Å². The summed E-state index contributed by atoms with van der Waals surface area (Å²) in [6, 6.07) is 5.71. The van der Waals surface area contributed by atoms with Gasteiger partial charge in [-0.3, -0.25) is 0 Å². The molecule has 1 aromatic heterocycles. The van der Waals surface area contributed by atoms with E-state index in [1.165, 1.54) is 12.1 Å². The van der Waals surface area contributed by atoms with Gasteiger partial charge < -0.3 is 9.64 Å². The first kappa shape index (κ1) is 14.2. The number of hydrogen-bond acceptors (Lipinski definition) is 4. The maximum absolute atomic E-state index is 12.1. The molecule has 0 fully saturated rings. The van der Waals surface area contributed by atoms with Crippen LogP contribution in [0.5, 0.6) is 5.75 Å². The highest BCUT2D eigenvalue weighted by molar-refractivity contribution is 9.10. The number of nitrogens with zero attached hydrogens (tertiary/aromatic N) is 4. The molecule has 0 unspecified atom stereocenters. The molecule has 5 nitrogen and oxygen atoms in total. The van der Waals surface area contributed by atoms with Gasteiger partial charge in [0.2, 0.25) is 10.7 Å². The fourth-order valence-corrected chi connectivity index (χ4v) is 2.56. The molecule has 2 heterocycles. The third kappa shape index (κ3) is 3.12. The van der Waals surface area contributed by atoms with Crippen LogP contribution in [0.1, 0.15) is 6.42 Å². The van der Waals surface area contributed by atoms with E-state index in [0.29, 0.717) is 10.7 Å². The lowest BCUT2D eigenvalue weighted by Crippen LogP contribution is -2.28. The van der Waals surface area contributed by atoms with Crippen molar-refractivity contribution in [3.05, 3.63) is 29.0 Å². The lowest BCUT2D eigenvalue weighted by Gasteiger charge is -2.27. The van der Waals surface area contributed by atoms with E-state index >= 15 is 0 Å². The molecule has 3 rings (SSSR count). The van der Waals surface area contributed by atoms with Crippen LogP contribution in [-0.2, 0) is 6.54 Å². The van der Waals surface area contributed by atoms with E-state index in [1.54, 1.807) is 16.8 Å². The second-order valence-corrected chi connectivity index (χ2v) is 5.16. The third-order valence-corrected chi connectivity index (χ3v) is 3.34. The molecule has 1 aliphatic heterocycles. The number of rotatable bonds is 2. The summed E-state index contributed by atoms with van der Waals surface area (Å²) in [5, 5.41) is 4.20. The van der Waals surface area contributed by atoms with Crippen molar-refractivity contribution in [1.82, 2.24) is 14.8 Å². The topological polar surface area (TPSA) is 43.2 Å². The van der Waals surface area contributed by atoms with Crippen molar-refractivity contribution in [2.75, 3.05) is 11.4 Å². The molecular formula is C12H10BrF3N4O. The van der Waals surface area contributed by atoms with E-state index in [1.807, 2.05) is 4.90 Å². The highest BCUT2D eigenvalue weighted by Gasteiger charge is 2.31. The Morgan fingerprint density at radius 1 is 1.14 bits per heavy atom. The predicted molar refractivity (Wildman–Crippen MR) is 72.5 cm³/mol. The summed E-state index contributed by atoms with van der Waals surface area (Å²) in [4.78, 5) is 6.18. The van der Waals surface area contributed by atoms with Gasteiger partial charge in [0.1, 0.15) is 5.75 Å². The Kier molecular flexibility index (Phi) is 3.52. The van der Waals surface area contributed by atoms with Crippen LogP contribution in [0, 0.1) is 0 Å². The van der Waals surface area contributed by atoms with E-state index in [4.69, 9.17) is 0 Å². The highest BCUT2D eigenvalue weighted by Crippen LogP contribution is 2.31. The van der Waals surface area contributed by atoms with Crippen molar-refractivity contribution in [2.45, 2.75) is 19.3 Å². The number of ether oxygens (including phenoxy) is 1. The van der Waals surface area contributed by atoms with Crippen LogP contribution < -0.4 is 9.64 Å². The molecule has 0 spiro atoms. The van der Waals surface area contributed by atoms with E-state index in [0.717, 1.165) is 25.2 Å². The number of aromatic nitrogens is 3. The van der Waals surface area contributed by atoms with Gasteiger partial charge >= 0.3 is 6.36 Å². The molecule has 1 aliphatic rings. The summed E-state index contributed by atoms with van der Waals surface area (Å²) in [6.07, 6.45) is -3.80. The van der Waals surface area contributed by atoms with Gasteiger partial charge in [0.05, 0.1) is 0 Å². The van der Waals surface area contributed by atoms with Crippen molar-refractivity contribution in [3.63, 3.8) is 0 Å². The van der Waals surface area contributed by atoms with Crippen LogP contribution in [0.3, 0.4) is 0 Å². The first-order valence-corrected chi connectivity index (χ1v) is 6.95. The summed E-state index contributed by atoms with van der Waals surface area (Å²) in [5.41, 5.74) is 0.741. The quantitative estimate of drug-likeness (QED) is 0.820.